The van der Waals surface area contributed by atoms with Crippen LogP contribution in [-0.4, -0.2) is 12.1 Å². The third kappa shape index (κ3) is 1.28. The lowest BCUT2D eigenvalue weighted by Gasteiger charge is -1.99. The van der Waals surface area contributed by atoms with Crippen molar-refractivity contribution in [2.75, 3.05) is 7.11 Å². The molecule has 0 aliphatic carbocycles. The highest BCUT2D eigenvalue weighted by Gasteiger charge is 2.02. The fourth-order valence-electron chi connectivity index (χ4n) is 1.50. The fourth-order valence-corrected chi connectivity index (χ4v) is 1.50. The Balaban J connectivity index is 2.71. The van der Waals surface area contributed by atoms with E-state index in [1.807, 2.05) is 18.2 Å². The summed E-state index contributed by atoms with van der Waals surface area (Å²) in [4.78, 5) is 3.04. The van der Waals surface area contributed by atoms with Gasteiger partial charge in [-0.3, -0.25) is 0 Å². The van der Waals surface area contributed by atoms with Gasteiger partial charge in [0.25, 0.3) is 0 Å². The average Bonchev–Trinajstić information content (AvgIpc) is 2.52. The predicted molar refractivity (Wildman–Crippen MR) is 54.2 cm³/mol. The van der Waals surface area contributed by atoms with Crippen molar-refractivity contribution in [3.05, 3.63) is 29.9 Å². The lowest BCUT2D eigenvalue weighted by molar-refractivity contribution is 0.415. The number of rotatable bonds is 2. The van der Waals surface area contributed by atoms with Crippen LogP contribution in [0.1, 0.15) is 13.9 Å². The standard InChI is InChI=1S/C11H13NO/c1-3-8-7-12-11-5-4-9(13-2)6-10(8)11/h4-7,12H,3H2,1-2H3/i7D. The van der Waals surface area contributed by atoms with E-state index in [9.17, 15) is 0 Å². The molecule has 2 rings (SSSR count). The Kier molecular flexibility index (Phi) is 1.69. The summed E-state index contributed by atoms with van der Waals surface area (Å²) in [5, 5.41) is 1.09. The minimum absolute atomic E-state index is 0.510. The lowest BCUT2D eigenvalue weighted by Crippen LogP contribution is -1.82. The maximum atomic E-state index is 7.73. The first-order chi connectivity index (χ1) is 6.76. The molecule has 1 N–H and O–H groups in total. The van der Waals surface area contributed by atoms with Crippen LogP contribution in [0, 0.1) is 0 Å². The molecule has 2 nitrogen and oxygen atoms in total. The molecule has 68 valence electrons. The van der Waals surface area contributed by atoms with E-state index in [1.54, 1.807) is 7.11 Å². The lowest BCUT2D eigenvalue weighted by atomic mass is 10.1. The quantitative estimate of drug-likeness (QED) is 0.747. The molecule has 0 saturated carbocycles. The Labute approximate surface area is 78.9 Å². The van der Waals surface area contributed by atoms with E-state index in [4.69, 9.17) is 6.11 Å². The van der Waals surface area contributed by atoms with Gasteiger partial charge in [-0.05, 0) is 30.2 Å². The van der Waals surface area contributed by atoms with E-state index in [1.165, 1.54) is 0 Å². The number of ether oxygens (including phenoxy) is 1. The van der Waals surface area contributed by atoms with Gasteiger partial charge in [-0.25, -0.2) is 0 Å². The minimum Gasteiger partial charge on any atom is -0.497 e. The van der Waals surface area contributed by atoms with Crippen molar-refractivity contribution < 1.29 is 6.11 Å². The fraction of sp³-hybridized carbons (Fsp3) is 0.273. The third-order valence-electron chi connectivity index (χ3n) is 2.25. The largest absolute Gasteiger partial charge is 0.497 e. The molecule has 0 spiro atoms. The van der Waals surface area contributed by atoms with Gasteiger partial charge in [-0.15, -0.1) is 0 Å². The molecule has 0 unspecified atom stereocenters. The summed E-state index contributed by atoms with van der Waals surface area (Å²) >= 11 is 0. The molecule has 1 aromatic heterocycles. The third-order valence-corrected chi connectivity index (χ3v) is 2.25. The first-order valence-electron chi connectivity index (χ1n) is 4.91. The minimum atomic E-state index is 0.510. The van der Waals surface area contributed by atoms with Crippen LogP contribution >= 0.6 is 0 Å². The smallest absolute Gasteiger partial charge is 0.119 e. The molecule has 0 bridgehead atoms. The predicted octanol–water partition coefficient (Wildman–Crippen LogP) is 2.74. The van der Waals surface area contributed by atoms with Gasteiger partial charge in [-0.1, -0.05) is 6.92 Å². The molecule has 0 aliphatic heterocycles. The molecule has 0 aliphatic rings. The molecule has 0 amide bonds. The zero-order valence-electron chi connectivity index (χ0n) is 8.85. The SMILES string of the molecule is [2H]c1[nH]c2ccc(OC)cc2c1CC. The summed E-state index contributed by atoms with van der Waals surface area (Å²) in [6, 6.07) is 5.83. The van der Waals surface area contributed by atoms with Crippen LogP contribution < -0.4 is 4.74 Å². The summed E-state index contributed by atoms with van der Waals surface area (Å²) in [5.74, 6) is 0.839. The maximum Gasteiger partial charge on any atom is 0.119 e. The van der Waals surface area contributed by atoms with Crippen molar-refractivity contribution in [3.63, 3.8) is 0 Å². The van der Waals surface area contributed by atoms with Gasteiger partial charge in [0.15, 0.2) is 0 Å². The summed E-state index contributed by atoms with van der Waals surface area (Å²) < 4.78 is 12.9. The highest BCUT2D eigenvalue weighted by molar-refractivity contribution is 5.84. The van der Waals surface area contributed by atoms with E-state index >= 15 is 0 Å². The van der Waals surface area contributed by atoms with E-state index in [0.717, 1.165) is 28.6 Å². The number of fused-ring (bicyclic) bond motifs is 1. The highest BCUT2D eigenvalue weighted by atomic mass is 16.5. The molecular weight excluding hydrogens is 162 g/mol. The monoisotopic (exact) mass is 176 g/mol. The Morgan fingerprint density at radius 2 is 2.38 bits per heavy atom. The molecule has 0 saturated heterocycles. The molecular formula is C11H13NO. The van der Waals surface area contributed by atoms with E-state index in [0.29, 0.717) is 6.17 Å². The van der Waals surface area contributed by atoms with Crippen LogP contribution in [0.4, 0.5) is 0 Å². The Morgan fingerprint density at radius 1 is 1.54 bits per heavy atom. The molecule has 0 fully saturated rings. The van der Waals surface area contributed by atoms with Crippen LogP contribution in [0.25, 0.3) is 10.9 Å². The number of hydrogen-bond donors (Lipinski definition) is 1. The number of benzene rings is 1. The van der Waals surface area contributed by atoms with Gasteiger partial charge in [0, 0.05) is 17.1 Å². The molecule has 0 radical (unpaired) electrons. The van der Waals surface area contributed by atoms with Gasteiger partial charge < -0.3 is 9.72 Å². The zero-order chi connectivity index (χ0) is 10.1. The van der Waals surface area contributed by atoms with E-state index in [-0.39, 0.29) is 0 Å². The zero-order valence-corrected chi connectivity index (χ0v) is 7.85. The molecule has 1 heterocycles. The topological polar surface area (TPSA) is 25.0 Å². The van der Waals surface area contributed by atoms with Gasteiger partial charge >= 0.3 is 0 Å². The van der Waals surface area contributed by atoms with Crippen LogP contribution in [0.5, 0.6) is 5.75 Å². The van der Waals surface area contributed by atoms with Gasteiger partial charge in [0.05, 0.1) is 8.48 Å². The molecule has 0 atom stereocenters. The van der Waals surface area contributed by atoms with Crippen molar-refractivity contribution in [3.8, 4) is 5.75 Å². The van der Waals surface area contributed by atoms with Gasteiger partial charge in [0.1, 0.15) is 5.75 Å². The normalized spacial score (nSPS) is 11.7. The summed E-state index contributed by atoms with van der Waals surface area (Å²) in [7, 11) is 1.65. The summed E-state index contributed by atoms with van der Waals surface area (Å²) in [6.07, 6.45) is 1.38. The van der Waals surface area contributed by atoms with E-state index < -0.39 is 0 Å². The number of nitrogens with one attached hydrogen (secondary N) is 1. The second-order valence-corrected chi connectivity index (χ2v) is 2.99. The number of H-pyrrole nitrogens is 1. The number of aromatic nitrogens is 1. The van der Waals surface area contributed by atoms with Crippen LogP contribution in [0.15, 0.2) is 24.4 Å². The number of hydrogen-bond acceptors (Lipinski definition) is 1. The molecule has 1 aromatic carbocycles. The highest BCUT2D eigenvalue weighted by Crippen LogP contribution is 2.23. The second kappa shape index (κ2) is 3.13. The molecule has 13 heavy (non-hydrogen) atoms. The Bertz CT molecular complexity index is 462. The van der Waals surface area contributed by atoms with Crippen LogP contribution in [0.3, 0.4) is 0 Å². The van der Waals surface area contributed by atoms with Crippen molar-refractivity contribution in [2.45, 2.75) is 13.3 Å². The Morgan fingerprint density at radius 3 is 3.08 bits per heavy atom. The van der Waals surface area contributed by atoms with Crippen molar-refractivity contribution in [2.24, 2.45) is 0 Å². The molecule has 2 heteroatoms. The molecule has 2 aromatic rings. The van der Waals surface area contributed by atoms with Crippen molar-refractivity contribution in [1.29, 1.82) is 0 Å². The van der Waals surface area contributed by atoms with E-state index in [2.05, 4.69) is 11.9 Å². The van der Waals surface area contributed by atoms with Crippen molar-refractivity contribution >= 4 is 10.9 Å². The maximum absolute atomic E-state index is 7.73. The van der Waals surface area contributed by atoms with Crippen LogP contribution in [-0.2, 0) is 6.42 Å². The first kappa shape index (κ1) is 7.01. The summed E-state index contributed by atoms with van der Waals surface area (Å²) in [6.45, 7) is 2.06. The number of methoxy groups -OCH3 is 1. The van der Waals surface area contributed by atoms with Crippen molar-refractivity contribution in [1.82, 2.24) is 4.98 Å². The van der Waals surface area contributed by atoms with Crippen LogP contribution in [0.2, 0.25) is 0 Å². The average molecular weight is 176 g/mol. The van der Waals surface area contributed by atoms with Gasteiger partial charge in [-0.2, -0.15) is 0 Å². The number of aryl methyl sites for hydroxylation is 1. The number of aromatic amines is 1. The first-order valence-corrected chi connectivity index (χ1v) is 4.41. The van der Waals surface area contributed by atoms with Gasteiger partial charge in [0.2, 0.25) is 0 Å². The summed E-state index contributed by atoms with van der Waals surface area (Å²) in [5.41, 5.74) is 2.06. The Hall–Kier alpha value is -1.44. The second-order valence-electron chi connectivity index (χ2n) is 2.99.